The fourth-order valence-electron chi connectivity index (χ4n) is 2.35. The van der Waals surface area contributed by atoms with Gasteiger partial charge in [-0.25, -0.2) is 0 Å². The number of aryl methyl sites for hydroxylation is 2. The number of nitrogens with zero attached hydrogens (tertiary/aromatic N) is 2. The summed E-state index contributed by atoms with van der Waals surface area (Å²) in [6.07, 6.45) is 1.54. The van der Waals surface area contributed by atoms with Crippen LogP contribution in [0.5, 0.6) is 5.75 Å². The van der Waals surface area contributed by atoms with Gasteiger partial charge < -0.3 is 9.64 Å². The van der Waals surface area contributed by atoms with Gasteiger partial charge in [-0.15, -0.1) is 0 Å². The lowest BCUT2D eigenvalue weighted by molar-refractivity contribution is 0.342. The number of ether oxygens (including phenoxy) is 1. The molecule has 0 aliphatic carbocycles. The van der Waals surface area contributed by atoms with Crippen LogP contribution in [0.3, 0.4) is 0 Å². The first-order chi connectivity index (χ1) is 9.01. The van der Waals surface area contributed by atoms with E-state index < -0.39 is 0 Å². The number of hydrogen-bond donors (Lipinski definition) is 0. The highest BCUT2D eigenvalue weighted by molar-refractivity contribution is 5.49. The van der Waals surface area contributed by atoms with Crippen LogP contribution in [-0.4, -0.2) is 32.1 Å². The van der Waals surface area contributed by atoms with Crippen LogP contribution >= 0.6 is 0 Å². The van der Waals surface area contributed by atoms with Crippen molar-refractivity contribution >= 4 is 0 Å². The van der Waals surface area contributed by atoms with Crippen molar-refractivity contribution in [1.82, 2.24) is 4.90 Å². The number of nitriles is 1. The van der Waals surface area contributed by atoms with Crippen LogP contribution in [0.15, 0.2) is 6.07 Å². The van der Waals surface area contributed by atoms with Gasteiger partial charge in [-0.1, -0.05) is 6.07 Å². The number of likely N-dealkylation sites (N-methyl/N-ethyl adjacent to an activating group) is 1. The highest BCUT2D eigenvalue weighted by atomic mass is 16.5. The van der Waals surface area contributed by atoms with Gasteiger partial charge in [-0.2, -0.15) is 5.26 Å². The Balaban J connectivity index is 2.84. The number of rotatable bonds is 6. The zero-order chi connectivity index (χ0) is 14.4. The van der Waals surface area contributed by atoms with Crippen LogP contribution in [0.1, 0.15) is 28.7 Å². The van der Waals surface area contributed by atoms with E-state index in [4.69, 9.17) is 10.00 Å². The molecule has 104 valence electrons. The maximum Gasteiger partial charge on any atom is 0.125 e. The minimum atomic E-state index is 0.583. The molecule has 0 saturated carbocycles. The van der Waals surface area contributed by atoms with E-state index in [1.165, 1.54) is 22.3 Å². The van der Waals surface area contributed by atoms with Crippen LogP contribution in [-0.2, 0) is 6.42 Å². The maximum atomic E-state index is 8.60. The van der Waals surface area contributed by atoms with Crippen molar-refractivity contribution in [2.45, 2.75) is 33.6 Å². The topological polar surface area (TPSA) is 36.3 Å². The minimum Gasteiger partial charge on any atom is -0.496 e. The Bertz CT molecular complexity index is 475. The smallest absolute Gasteiger partial charge is 0.125 e. The van der Waals surface area contributed by atoms with Gasteiger partial charge in [0.2, 0.25) is 0 Å². The van der Waals surface area contributed by atoms with Gasteiger partial charge in [-0.05, 0) is 56.5 Å². The molecule has 1 aromatic carbocycles. The molecular weight excluding hydrogens is 236 g/mol. The Morgan fingerprint density at radius 2 is 1.89 bits per heavy atom. The zero-order valence-corrected chi connectivity index (χ0v) is 12.7. The Morgan fingerprint density at radius 3 is 2.47 bits per heavy atom. The van der Waals surface area contributed by atoms with E-state index in [0.29, 0.717) is 6.42 Å². The number of benzene rings is 1. The highest BCUT2D eigenvalue weighted by Crippen LogP contribution is 2.29. The van der Waals surface area contributed by atoms with Gasteiger partial charge in [0.15, 0.2) is 0 Å². The normalized spacial score (nSPS) is 10.6. The summed E-state index contributed by atoms with van der Waals surface area (Å²) < 4.78 is 5.58. The van der Waals surface area contributed by atoms with Crippen molar-refractivity contribution in [2.24, 2.45) is 0 Å². The fourth-order valence-corrected chi connectivity index (χ4v) is 2.35. The predicted molar refractivity (Wildman–Crippen MR) is 78.6 cm³/mol. The first-order valence-corrected chi connectivity index (χ1v) is 6.70. The molecule has 19 heavy (non-hydrogen) atoms. The molecule has 1 aromatic rings. The molecule has 0 unspecified atom stereocenters. The van der Waals surface area contributed by atoms with Gasteiger partial charge in [0.25, 0.3) is 0 Å². The molecular formula is C16H24N2O. The van der Waals surface area contributed by atoms with Crippen molar-refractivity contribution in [2.75, 3.05) is 27.2 Å². The largest absolute Gasteiger partial charge is 0.496 e. The third kappa shape index (κ3) is 3.97. The van der Waals surface area contributed by atoms with Crippen molar-refractivity contribution in [1.29, 1.82) is 5.26 Å². The summed E-state index contributed by atoms with van der Waals surface area (Å²) in [5.41, 5.74) is 5.07. The molecule has 0 aliphatic heterocycles. The van der Waals surface area contributed by atoms with E-state index in [0.717, 1.165) is 25.3 Å². The Kier molecular flexibility index (Phi) is 5.85. The van der Waals surface area contributed by atoms with E-state index in [2.05, 4.69) is 44.9 Å². The quantitative estimate of drug-likeness (QED) is 0.789. The molecule has 0 fully saturated rings. The molecule has 1 rings (SSSR count). The Hall–Kier alpha value is -1.53. The van der Waals surface area contributed by atoms with E-state index >= 15 is 0 Å². The molecule has 3 heteroatoms. The summed E-state index contributed by atoms with van der Waals surface area (Å²) in [4.78, 5) is 2.19. The monoisotopic (exact) mass is 260 g/mol. The van der Waals surface area contributed by atoms with Crippen molar-refractivity contribution in [3.05, 3.63) is 28.3 Å². The molecule has 0 saturated heterocycles. The third-order valence-corrected chi connectivity index (χ3v) is 3.67. The van der Waals surface area contributed by atoms with Crippen molar-refractivity contribution in [3.8, 4) is 11.8 Å². The van der Waals surface area contributed by atoms with Crippen LogP contribution in [0.25, 0.3) is 0 Å². The second-order valence-corrected chi connectivity index (χ2v) is 5.11. The minimum absolute atomic E-state index is 0.583. The SMILES string of the molecule is COc1c(C)c(C)cc(C)c1CCN(C)CCC#N. The van der Waals surface area contributed by atoms with Crippen LogP contribution < -0.4 is 4.74 Å². The average molecular weight is 260 g/mol. The van der Waals surface area contributed by atoms with Gasteiger partial charge >= 0.3 is 0 Å². The highest BCUT2D eigenvalue weighted by Gasteiger charge is 2.12. The molecule has 0 N–H and O–H groups in total. The van der Waals surface area contributed by atoms with Crippen LogP contribution in [0.4, 0.5) is 0 Å². The number of hydrogen-bond acceptors (Lipinski definition) is 3. The lowest BCUT2D eigenvalue weighted by Gasteiger charge is -2.19. The summed E-state index contributed by atoms with van der Waals surface area (Å²) >= 11 is 0. The molecule has 0 aliphatic rings. The maximum absolute atomic E-state index is 8.60. The summed E-state index contributed by atoms with van der Waals surface area (Å²) in [6.45, 7) is 8.13. The second kappa shape index (κ2) is 7.16. The van der Waals surface area contributed by atoms with Crippen LogP contribution in [0, 0.1) is 32.1 Å². The lowest BCUT2D eigenvalue weighted by Crippen LogP contribution is -2.22. The van der Waals surface area contributed by atoms with E-state index in [1.54, 1.807) is 7.11 Å². The first kappa shape index (κ1) is 15.5. The molecule has 0 amide bonds. The first-order valence-electron chi connectivity index (χ1n) is 6.70. The third-order valence-electron chi connectivity index (χ3n) is 3.67. The predicted octanol–water partition coefficient (Wildman–Crippen LogP) is 3.01. The second-order valence-electron chi connectivity index (χ2n) is 5.11. The number of methoxy groups -OCH3 is 1. The van der Waals surface area contributed by atoms with Gasteiger partial charge in [-0.3, -0.25) is 0 Å². The summed E-state index contributed by atoms with van der Waals surface area (Å²) in [6, 6.07) is 4.41. The molecule has 0 bridgehead atoms. The Morgan fingerprint density at radius 1 is 1.21 bits per heavy atom. The lowest BCUT2D eigenvalue weighted by atomic mass is 9.97. The van der Waals surface area contributed by atoms with Gasteiger partial charge in [0.05, 0.1) is 13.2 Å². The average Bonchev–Trinajstić information content (AvgIpc) is 2.38. The van der Waals surface area contributed by atoms with E-state index in [9.17, 15) is 0 Å². The van der Waals surface area contributed by atoms with E-state index in [1.807, 2.05) is 0 Å². The molecule has 0 heterocycles. The summed E-state index contributed by atoms with van der Waals surface area (Å²) in [7, 11) is 3.80. The molecule has 0 radical (unpaired) electrons. The molecule has 3 nitrogen and oxygen atoms in total. The standard InChI is InChI=1S/C16H24N2O/c1-12-11-13(2)15(16(19-5)14(12)3)7-10-18(4)9-6-8-17/h11H,6-7,9-10H2,1-5H3. The van der Waals surface area contributed by atoms with Crippen LogP contribution in [0.2, 0.25) is 0 Å². The summed E-state index contributed by atoms with van der Waals surface area (Å²) in [5.74, 6) is 1.02. The van der Waals surface area contributed by atoms with Gasteiger partial charge in [0.1, 0.15) is 5.75 Å². The zero-order valence-electron chi connectivity index (χ0n) is 12.7. The molecule has 0 atom stereocenters. The Labute approximate surface area is 116 Å². The molecule has 0 aromatic heterocycles. The van der Waals surface area contributed by atoms with Gasteiger partial charge in [0, 0.05) is 19.5 Å². The molecule has 0 spiro atoms. The van der Waals surface area contributed by atoms with Crippen molar-refractivity contribution in [3.63, 3.8) is 0 Å². The van der Waals surface area contributed by atoms with E-state index in [-0.39, 0.29) is 0 Å². The fraction of sp³-hybridized carbons (Fsp3) is 0.562. The van der Waals surface area contributed by atoms with Crippen molar-refractivity contribution < 1.29 is 4.74 Å². The summed E-state index contributed by atoms with van der Waals surface area (Å²) in [5, 5.41) is 8.60.